The van der Waals surface area contributed by atoms with Crippen LogP contribution in [0.5, 0.6) is 0 Å². The highest BCUT2D eigenvalue weighted by Gasteiger charge is 2.05. The number of halogens is 2. The quantitative estimate of drug-likeness (QED) is 0.886. The number of rotatable bonds is 2. The Labute approximate surface area is 101 Å². The fourth-order valence-corrected chi connectivity index (χ4v) is 1.63. The molecule has 15 heavy (non-hydrogen) atoms. The molecule has 84 valence electrons. The highest BCUT2D eigenvalue weighted by Crippen LogP contribution is 2.14. The standard InChI is InChI=1S/C10H13N3.2ClH/c1-2-13-9-6-4-3-5-8(9)12-10(13)7-11;;/h3-6H,2,7,11H2,1H3;2*1H. The number of fused-ring (bicyclic) bond motifs is 1. The minimum Gasteiger partial charge on any atom is -0.327 e. The molecule has 0 fully saturated rings. The SMILES string of the molecule is CCn1c(CN)nc2ccccc21.Cl.Cl. The van der Waals surface area contributed by atoms with Gasteiger partial charge in [0.15, 0.2) is 0 Å². The summed E-state index contributed by atoms with van der Waals surface area (Å²) in [4.78, 5) is 4.44. The number of nitrogens with two attached hydrogens (primary N) is 1. The third-order valence-corrected chi connectivity index (χ3v) is 2.23. The van der Waals surface area contributed by atoms with E-state index in [4.69, 9.17) is 5.73 Å². The van der Waals surface area contributed by atoms with Gasteiger partial charge in [-0.1, -0.05) is 12.1 Å². The molecule has 0 bridgehead atoms. The molecule has 2 rings (SSSR count). The summed E-state index contributed by atoms with van der Waals surface area (Å²) in [5, 5.41) is 0. The molecule has 0 aliphatic carbocycles. The van der Waals surface area contributed by atoms with E-state index in [1.165, 1.54) is 5.52 Å². The number of para-hydroxylation sites is 2. The summed E-state index contributed by atoms with van der Waals surface area (Å²) < 4.78 is 2.15. The van der Waals surface area contributed by atoms with E-state index in [0.717, 1.165) is 17.9 Å². The molecule has 0 amide bonds. The summed E-state index contributed by atoms with van der Waals surface area (Å²) >= 11 is 0. The summed E-state index contributed by atoms with van der Waals surface area (Å²) in [5.74, 6) is 0.962. The number of hydrogen-bond donors (Lipinski definition) is 1. The first-order valence-electron chi connectivity index (χ1n) is 4.51. The third-order valence-electron chi connectivity index (χ3n) is 2.23. The zero-order chi connectivity index (χ0) is 9.26. The lowest BCUT2D eigenvalue weighted by Crippen LogP contribution is -2.06. The molecular formula is C10H15Cl2N3. The third kappa shape index (κ3) is 2.43. The van der Waals surface area contributed by atoms with E-state index in [1.54, 1.807) is 0 Å². The Morgan fingerprint density at radius 3 is 2.53 bits per heavy atom. The van der Waals surface area contributed by atoms with Crippen LogP contribution in [0.25, 0.3) is 11.0 Å². The maximum Gasteiger partial charge on any atom is 0.123 e. The van der Waals surface area contributed by atoms with Crippen LogP contribution in [0.2, 0.25) is 0 Å². The van der Waals surface area contributed by atoms with Crippen molar-refractivity contribution in [3.8, 4) is 0 Å². The number of aryl methyl sites for hydroxylation is 1. The minimum absolute atomic E-state index is 0. The summed E-state index contributed by atoms with van der Waals surface area (Å²) in [5.41, 5.74) is 7.81. The molecule has 3 nitrogen and oxygen atoms in total. The van der Waals surface area contributed by atoms with Crippen LogP contribution in [0.3, 0.4) is 0 Å². The fourth-order valence-electron chi connectivity index (χ4n) is 1.63. The molecule has 2 aromatic rings. The molecule has 0 unspecified atom stereocenters. The average molecular weight is 248 g/mol. The van der Waals surface area contributed by atoms with Gasteiger partial charge in [-0.3, -0.25) is 0 Å². The highest BCUT2D eigenvalue weighted by molar-refractivity contribution is 5.85. The van der Waals surface area contributed by atoms with Crippen LogP contribution in [0.15, 0.2) is 24.3 Å². The van der Waals surface area contributed by atoms with Gasteiger partial charge in [0.1, 0.15) is 5.82 Å². The summed E-state index contributed by atoms with van der Waals surface area (Å²) in [6, 6.07) is 8.11. The van der Waals surface area contributed by atoms with Crippen molar-refractivity contribution >= 4 is 35.8 Å². The highest BCUT2D eigenvalue weighted by atomic mass is 35.5. The monoisotopic (exact) mass is 247 g/mol. The minimum atomic E-state index is 0. The van der Waals surface area contributed by atoms with Crippen molar-refractivity contribution in [1.29, 1.82) is 0 Å². The van der Waals surface area contributed by atoms with E-state index in [0.29, 0.717) is 6.54 Å². The van der Waals surface area contributed by atoms with Gasteiger partial charge in [0, 0.05) is 6.54 Å². The first-order chi connectivity index (χ1) is 6.36. The van der Waals surface area contributed by atoms with Gasteiger partial charge in [-0.05, 0) is 19.1 Å². The molecule has 0 saturated heterocycles. The van der Waals surface area contributed by atoms with Crippen LogP contribution in [-0.2, 0) is 13.1 Å². The van der Waals surface area contributed by atoms with Gasteiger partial charge in [0.2, 0.25) is 0 Å². The second-order valence-corrected chi connectivity index (χ2v) is 2.97. The lowest BCUT2D eigenvalue weighted by Gasteiger charge is -2.02. The van der Waals surface area contributed by atoms with Crippen molar-refractivity contribution in [1.82, 2.24) is 9.55 Å². The van der Waals surface area contributed by atoms with Gasteiger partial charge < -0.3 is 10.3 Å². The molecule has 0 aliphatic rings. The van der Waals surface area contributed by atoms with Gasteiger partial charge in [0.05, 0.1) is 17.6 Å². The van der Waals surface area contributed by atoms with Crippen LogP contribution < -0.4 is 5.73 Å². The normalized spacial score (nSPS) is 9.47. The lowest BCUT2D eigenvalue weighted by atomic mass is 10.3. The molecule has 0 radical (unpaired) electrons. The number of hydrogen-bond acceptors (Lipinski definition) is 2. The van der Waals surface area contributed by atoms with E-state index < -0.39 is 0 Å². The van der Waals surface area contributed by atoms with Crippen LogP contribution in [0, 0.1) is 0 Å². The fraction of sp³-hybridized carbons (Fsp3) is 0.300. The zero-order valence-electron chi connectivity index (χ0n) is 8.51. The first-order valence-corrected chi connectivity index (χ1v) is 4.51. The first kappa shape index (κ1) is 14.2. The Kier molecular flexibility index (Phi) is 5.65. The number of nitrogens with zero attached hydrogens (tertiary/aromatic N) is 2. The lowest BCUT2D eigenvalue weighted by molar-refractivity contribution is 0.718. The van der Waals surface area contributed by atoms with Crippen molar-refractivity contribution < 1.29 is 0 Å². The Bertz CT molecular complexity index is 426. The van der Waals surface area contributed by atoms with Crippen LogP contribution >= 0.6 is 24.8 Å². The molecule has 1 aromatic heterocycles. The Morgan fingerprint density at radius 2 is 1.93 bits per heavy atom. The Balaban J connectivity index is 0.000000980. The summed E-state index contributed by atoms with van der Waals surface area (Å²) in [7, 11) is 0. The van der Waals surface area contributed by atoms with Crippen molar-refractivity contribution in [2.24, 2.45) is 5.73 Å². The van der Waals surface area contributed by atoms with E-state index in [2.05, 4.69) is 22.5 Å². The smallest absolute Gasteiger partial charge is 0.123 e. The average Bonchev–Trinajstić information content (AvgIpc) is 2.55. The van der Waals surface area contributed by atoms with E-state index in [-0.39, 0.29) is 24.8 Å². The molecule has 0 atom stereocenters. The number of benzene rings is 1. The van der Waals surface area contributed by atoms with Crippen LogP contribution in [-0.4, -0.2) is 9.55 Å². The maximum absolute atomic E-state index is 5.61. The second-order valence-electron chi connectivity index (χ2n) is 2.97. The Morgan fingerprint density at radius 1 is 1.27 bits per heavy atom. The van der Waals surface area contributed by atoms with Gasteiger partial charge >= 0.3 is 0 Å². The molecule has 2 N–H and O–H groups in total. The predicted molar refractivity (Wildman–Crippen MR) is 67.8 cm³/mol. The Hall–Kier alpha value is -0.770. The summed E-state index contributed by atoms with van der Waals surface area (Å²) in [6.07, 6.45) is 0. The van der Waals surface area contributed by atoms with Crippen molar-refractivity contribution in [3.05, 3.63) is 30.1 Å². The topological polar surface area (TPSA) is 43.8 Å². The predicted octanol–water partition coefficient (Wildman–Crippen LogP) is 2.36. The maximum atomic E-state index is 5.61. The van der Waals surface area contributed by atoms with Gasteiger partial charge in [-0.15, -0.1) is 24.8 Å². The molecule has 0 aliphatic heterocycles. The molecule has 5 heteroatoms. The molecular weight excluding hydrogens is 233 g/mol. The largest absolute Gasteiger partial charge is 0.327 e. The van der Waals surface area contributed by atoms with Gasteiger partial charge in [-0.25, -0.2) is 4.98 Å². The number of imidazole rings is 1. The molecule has 1 aromatic carbocycles. The van der Waals surface area contributed by atoms with Crippen LogP contribution in [0.1, 0.15) is 12.7 Å². The van der Waals surface area contributed by atoms with Crippen molar-refractivity contribution in [2.75, 3.05) is 0 Å². The number of aromatic nitrogens is 2. The van der Waals surface area contributed by atoms with Gasteiger partial charge in [0.25, 0.3) is 0 Å². The summed E-state index contributed by atoms with van der Waals surface area (Å²) in [6.45, 7) is 3.53. The van der Waals surface area contributed by atoms with Gasteiger partial charge in [-0.2, -0.15) is 0 Å². The molecule has 1 heterocycles. The molecule has 0 saturated carbocycles. The van der Waals surface area contributed by atoms with Crippen molar-refractivity contribution in [3.63, 3.8) is 0 Å². The molecule has 0 spiro atoms. The van der Waals surface area contributed by atoms with E-state index in [1.807, 2.05) is 18.2 Å². The zero-order valence-corrected chi connectivity index (χ0v) is 10.1. The van der Waals surface area contributed by atoms with E-state index in [9.17, 15) is 0 Å². The van der Waals surface area contributed by atoms with Crippen LogP contribution in [0.4, 0.5) is 0 Å². The van der Waals surface area contributed by atoms with E-state index >= 15 is 0 Å². The van der Waals surface area contributed by atoms with Crippen molar-refractivity contribution in [2.45, 2.75) is 20.0 Å². The second kappa shape index (κ2) is 5.95.